The smallest absolute Gasteiger partial charge is 0.237 e. The minimum atomic E-state index is -0.107. The number of hydrogen-bond donors (Lipinski definition) is 0. The highest BCUT2D eigenvalue weighted by Crippen LogP contribution is 1.93. The SMILES string of the molecule is CCN(CCC#N)C(=O)CCl. The molecular weight excluding hydrogens is 164 g/mol. The van der Waals surface area contributed by atoms with Crippen LogP contribution in [0.3, 0.4) is 0 Å². The van der Waals surface area contributed by atoms with Crippen molar-refractivity contribution in [2.24, 2.45) is 0 Å². The molecule has 0 rings (SSSR count). The van der Waals surface area contributed by atoms with Crippen LogP contribution in [-0.4, -0.2) is 29.8 Å². The molecule has 0 aromatic rings. The van der Waals surface area contributed by atoms with E-state index in [4.69, 9.17) is 16.9 Å². The molecule has 0 aliphatic heterocycles. The lowest BCUT2D eigenvalue weighted by Gasteiger charge is -2.17. The molecule has 0 saturated carbocycles. The maximum Gasteiger partial charge on any atom is 0.237 e. The first kappa shape index (κ1) is 10.2. The number of nitrogens with zero attached hydrogens (tertiary/aromatic N) is 2. The van der Waals surface area contributed by atoms with Crippen molar-refractivity contribution in [3.05, 3.63) is 0 Å². The predicted octanol–water partition coefficient (Wildman–Crippen LogP) is 0.987. The third kappa shape index (κ3) is 3.84. The number of nitriles is 1. The van der Waals surface area contributed by atoms with Crippen LogP contribution in [0.5, 0.6) is 0 Å². The molecular formula is C7H11ClN2O. The van der Waals surface area contributed by atoms with Crippen molar-refractivity contribution in [1.29, 1.82) is 5.26 Å². The molecule has 0 N–H and O–H groups in total. The van der Waals surface area contributed by atoms with Gasteiger partial charge in [-0.3, -0.25) is 4.79 Å². The van der Waals surface area contributed by atoms with Crippen molar-refractivity contribution in [3.8, 4) is 6.07 Å². The number of carbonyl (C=O) groups excluding carboxylic acids is 1. The second-order valence-corrected chi connectivity index (χ2v) is 2.28. The van der Waals surface area contributed by atoms with E-state index >= 15 is 0 Å². The Balaban J connectivity index is 3.77. The van der Waals surface area contributed by atoms with Crippen LogP contribution in [0.25, 0.3) is 0 Å². The van der Waals surface area contributed by atoms with Crippen LogP contribution in [0.4, 0.5) is 0 Å². The standard InChI is InChI=1S/C7H11ClN2O/c1-2-10(5-3-4-9)7(11)6-8/h2-3,5-6H2,1H3. The van der Waals surface area contributed by atoms with E-state index in [1.165, 1.54) is 0 Å². The molecule has 0 aliphatic rings. The Morgan fingerprint density at radius 3 is 2.73 bits per heavy atom. The predicted molar refractivity (Wildman–Crippen MR) is 43.2 cm³/mol. The summed E-state index contributed by atoms with van der Waals surface area (Å²) in [6.45, 7) is 2.97. The Hall–Kier alpha value is -0.750. The lowest BCUT2D eigenvalue weighted by atomic mass is 10.4. The van der Waals surface area contributed by atoms with Gasteiger partial charge in [0.1, 0.15) is 5.88 Å². The Morgan fingerprint density at radius 1 is 1.73 bits per heavy atom. The fraction of sp³-hybridized carbons (Fsp3) is 0.714. The first-order valence-electron chi connectivity index (χ1n) is 3.47. The van der Waals surface area contributed by atoms with E-state index in [2.05, 4.69) is 0 Å². The van der Waals surface area contributed by atoms with Gasteiger partial charge in [0, 0.05) is 13.1 Å². The van der Waals surface area contributed by atoms with Crippen molar-refractivity contribution in [2.45, 2.75) is 13.3 Å². The fourth-order valence-corrected chi connectivity index (χ4v) is 0.898. The zero-order valence-electron chi connectivity index (χ0n) is 6.51. The number of rotatable bonds is 4. The number of carbonyl (C=O) groups is 1. The molecule has 0 fully saturated rings. The average Bonchev–Trinajstić information content (AvgIpc) is 2.05. The van der Waals surface area contributed by atoms with Crippen LogP contribution in [0.1, 0.15) is 13.3 Å². The van der Waals surface area contributed by atoms with Gasteiger partial charge in [-0.25, -0.2) is 0 Å². The van der Waals surface area contributed by atoms with Gasteiger partial charge in [-0.15, -0.1) is 11.6 Å². The van der Waals surface area contributed by atoms with Crippen LogP contribution in [0.2, 0.25) is 0 Å². The minimum Gasteiger partial charge on any atom is -0.341 e. The number of amides is 1. The van der Waals surface area contributed by atoms with E-state index in [0.29, 0.717) is 19.5 Å². The summed E-state index contributed by atoms with van der Waals surface area (Å²) in [5, 5.41) is 8.24. The van der Waals surface area contributed by atoms with Gasteiger partial charge < -0.3 is 4.90 Å². The van der Waals surface area contributed by atoms with Gasteiger partial charge in [0.2, 0.25) is 5.91 Å². The molecule has 11 heavy (non-hydrogen) atoms. The normalized spacial score (nSPS) is 8.82. The largest absolute Gasteiger partial charge is 0.341 e. The van der Waals surface area contributed by atoms with Crippen molar-refractivity contribution < 1.29 is 4.79 Å². The summed E-state index contributed by atoms with van der Waals surface area (Å²) in [6.07, 6.45) is 0.371. The molecule has 4 heteroatoms. The molecule has 0 bridgehead atoms. The van der Waals surface area contributed by atoms with E-state index in [9.17, 15) is 4.79 Å². The summed E-state index contributed by atoms with van der Waals surface area (Å²) in [6, 6.07) is 1.97. The molecule has 0 aliphatic carbocycles. The van der Waals surface area contributed by atoms with Crippen molar-refractivity contribution in [2.75, 3.05) is 19.0 Å². The molecule has 1 amide bonds. The van der Waals surface area contributed by atoms with Crippen LogP contribution < -0.4 is 0 Å². The molecule has 0 aromatic heterocycles. The molecule has 0 saturated heterocycles. The van der Waals surface area contributed by atoms with Crippen LogP contribution in [-0.2, 0) is 4.79 Å². The van der Waals surface area contributed by atoms with Gasteiger partial charge in [0.15, 0.2) is 0 Å². The minimum absolute atomic E-state index is 0.000726. The van der Waals surface area contributed by atoms with Gasteiger partial charge in [-0.2, -0.15) is 5.26 Å². The van der Waals surface area contributed by atoms with Gasteiger partial charge in [0.05, 0.1) is 12.5 Å². The highest BCUT2D eigenvalue weighted by Gasteiger charge is 2.08. The van der Waals surface area contributed by atoms with E-state index in [-0.39, 0.29) is 11.8 Å². The number of halogens is 1. The summed E-state index contributed by atoms with van der Waals surface area (Å²) in [4.78, 5) is 12.5. The molecule has 0 aromatic carbocycles. The van der Waals surface area contributed by atoms with Crippen LogP contribution in [0, 0.1) is 11.3 Å². The summed E-state index contributed by atoms with van der Waals surface area (Å²) in [7, 11) is 0. The first-order chi connectivity index (χ1) is 5.26. The van der Waals surface area contributed by atoms with E-state index in [0.717, 1.165) is 0 Å². The molecule has 0 unspecified atom stereocenters. The molecule has 0 radical (unpaired) electrons. The molecule has 0 heterocycles. The first-order valence-corrected chi connectivity index (χ1v) is 4.00. The Morgan fingerprint density at radius 2 is 2.36 bits per heavy atom. The van der Waals surface area contributed by atoms with Crippen LogP contribution >= 0.6 is 11.6 Å². The summed E-state index contributed by atoms with van der Waals surface area (Å²) < 4.78 is 0. The third-order valence-corrected chi connectivity index (χ3v) is 1.57. The maximum absolute atomic E-state index is 10.9. The van der Waals surface area contributed by atoms with Gasteiger partial charge in [0.25, 0.3) is 0 Å². The Kier molecular flexibility index (Phi) is 5.58. The second-order valence-electron chi connectivity index (χ2n) is 2.02. The molecule has 0 atom stereocenters. The van der Waals surface area contributed by atoms with Gasteiger partial charge >= 0.3 is 0 Å². The zero-order valence-corrected chi connectivity index (χ0v) is 7.26. The molecule has 3 nitrogen and oxygen atoms in total. The van der Waals surface area contributed by atoms with E-state index < -0.39 is 0 Å². The topological polar surface area (TPSA) is 44.1 Å². The van der Waals surface area contributed by atoms with Gasteiger partial charge in [-0.1, -0.05) is 0 Å². The number of alkyl halides is 1. The van der Waals surface area contributed by atoms with Crippen LogP contribution in [0.15, 0.2) is 0 Å². The zero-order chi connectivity index (χ0) is 8.69. The Bertz CT molecular complexity index is 164. The van der Waals surface area contributed by atoms with E-state index in [1.807, 2.05) is 13.0 Å². The van der Waals surface area contributed by atoms with Crippen molar-refractivity contribution in [3.63, 3.8) is 0 Å². The average molecular weight is 175 g/mol. The lowest BCUT2D eigenvalue weighted by Crippen LogP contribution is -2.32. The molecule has 62 valence electrons. The lowest BCUT2D eigenvalue weighted by molar-refractivity contribution is -0.128. The monoisotopic (exact) mass is 174 g/mol. The van der Waals surface area contributed by atoms with Crippen molar-refractivity contribution in [1.82, 2.24) is 4.90 Å². The summed E-state index contributed by atoms with van der Waals surface area (Å²) in [5.74, 6) is -0.108. The number of hydrogen-bond acceptors (Lipinski definition) is 2. The highest BCUT2D eigenvalue weighted by atomic mass is 35.5. The summed E-state index contributed by atoms with van der Waals surface area (Å²) in [5.41, 5.74) is 0. The highest BCUT2D eigenvalue weighted by molar-refractivity contribution is 6.27. The Labute approximate surface area is 71.5 Å². The third-order valence-electron chi connectivity index (χ3n) is 1.34. The van der Waals surface area contributed by atoms with E-state index in [1.54, 1.807) is 4.90 Å². The summed E-state index contributed by atoms with van der Waals surface area (Å²) >= 11 is 5.33. The van der Waals surface area contributed by atoms with Gasteiger partial charge in [-0.05, 0) is 6.92 Å². The fourth-order valence-electron chi connectivity index (χ4n) is 0.729. The van der Waals surface area contributed by atoms with Crippen molar-refractivity contribution >= 4 is 17.5 Å². The molecule has 0 spiro atoms. The quantitative estimate of drug-likeness (QED) is 0.597. The second kappa shape index (κ2) is 5.99. The maximum atomic E-state index is 10.9.